The molecule has 1 rings (SSSR count). The molecule has 0 bridgehead atoms. The zero-order valence-electron chi connectivity index (χ0n) is 8.37. The number of nitrogens with two attached hydrogens (primary N) is 2. The van der Waals surface area contributed by atoms with E-state index in [4.69, 9.17) is 27.8 Å². The molecule has 82 valence electrons. The average molecular weight is 229 g/mol. The molecule has 0 saturated carbocycles. The summed E-state index contributed by atoms with van der Waals surface area (Å²) in [6.07, 6.45) is -0.700. The first-order valence-corrected chi connectivity index (χ1v) is 4.87. The molecule has 0 saturated heterocycles. The van der Waals surface area contributed by atoms with Crippen LogP contribution in [-0.2, 0) is 11.3 Å². The molecule has 1 unspecified atom stereocenters. The Morgan fingerprint density at radius 1 is 1.60 bits per heavy atom. The molecule has 4 N–H and O–H groups in total. The fourth-order valence-electron chi connectivity index (χ4n) is 1.10. The molecule has 0 aliphatic carbocycles. The van der Waals surface area contributed by atoms with Crippen LogP contribution in [0, 0.1) is 0 Å². The van der Waals surface area contributed by atoms with E-state index in [0.717, 1.165) is 0 Å². The number of amides is 1. The third-order valence-electron chi connectivity index (χ3n) is 1.98. The summed E-state index contributed by atoms with van der Waals surface area (Å²) in [5.41, 5.74) is 11.3. The quantitative estimate of drug-likeness (QED) is 0.809. The van der Waals surface area contributed by atoms with E-state index in [2.05, 4.69) is 0 Å². The van der Waals surface area contributed by atoms with Crippen molar-refractivity contribution in [1.29, 1.82) is 0 Å². The van der Waals surface area contributed by atoms with Gasteiger partial charge in [0.15, 0.2) is 6.10 Å². The third-order valence-corrected chi connectivity index (χ3v) is 2.34. The van der Waals surface area contributed by atoms with E-state index in [1.54, 1.807) is 25.1 Å². The van der Waals surface area contributed by atoms with Crippen molar-refractivity contribution in [3.8, 4) is 5.75 Å². The molecule has 1 atom stereocenters. The Morgan fingerprint density at radius 2 is 2.27 bits per heavy atom. The minimum Gasteiger partial charge on any atom is -0.481 e. The van der Waals surface area contributed by atoms with Gasteiger partial charge in [0.25, 0.3) is 5.91 Å². The first-order valence-electron chi connectivity index (χ1n) is 4.49. The average Bonchev–Trinajstić information content (AvgIpc) is 2.18. The molecule has 4 nitrogen and oxygen atoms in total. The van der Waals surface area contributed by atoms with Gasteiger partial charge in [0.2, 0.25) is 0 Å². The molecule has 0 aliphatic rings. The van der Waals surface area contributed by atoms with E-state index in [1.165, 1.54) is 0 Å². The van der Waals surface area contributed by atoms with E-state index in [-0.39, 0.29) is 6.54 Å². The molecule has 15 heavy (non-hydrogen) atoms. The van der Waals surface area contributed by atoms with E-state index >= 15 is 0 Å². The van der Waals surface area contributed by atoms with Gasteiger partial charge in [0.1, 0.15) is 5.75 Å². The van der Waals surface area contributed by atoms with Crippen molar-refractivity contribution >= 4 is 17.5 Å². The van der Waals surface area contributed by atoms with Gasteiger partial charge in [-0.2, -0.15) is 0 Å². The van der Waals surface area contributed by atoms with Gasteiger partial charge in [-0.05, 0) is 19.1 Å². The fraction of sp³-hybridized carbons (Fsp3) is 0.300. The second-order valence-electron chi connectivity index (χ2n) is 3.08. The van der Waals surface area contributed by atoms with Crippen molar-refractivity contribution < 1.29 is 9.53 Å². The molecule has 1 amide bonds. The maximum Gasteiger partial charge on any atom is 0.258 e. The van der Waals surface area contributed by atoms with E-state index in [0.29, 0.717) is 16.3 Å². The highest BCUT2D eigenvalue weighted by Crippen LogP contribution is 2.26. The van der Waals surface area contributed by atoms with Crippen LogP contribution < -0.4 is 16.2 Å². The summed E-state index contributed by atoms with van der Waals surface area (Å²) in [5.74, 6) is -0.0331. The largest absolute Gasteiger partial charge is 0.481 e. The molecule has 0 aliphatic heterocycles. The minimum atomic E-state index is -0.700. The highest BCUT2D eigenvalue weighted by atomic mass is 35.5. The predicted molar refractivity (Wildman–Crippen MR) is 58.6 cm³/mol. The summed E-state index contributed by atoms with van der Waals surface area (Å²) in [4.78, 5) is 10.8. The van der Waals surface area contributed by atoms with Crippen molar-refractivity contribution in [2.24, 2.45) is 11.5 Å². The Balaban J connectivity index is 2.94. The monoisotopic (exact) mass is 228 g/mol. The minimum absolute atomic E-state index is 0.250. The molecule has 1 aromatic carbocycles. The highest BCUT2D eigenvalue weighted by molar-refractivity contribution is 6.31. The molecule has 0 spiro atoms. The third kappa shape index (κ3) is 2.84. The van der Waals surface area contributed by atoms with E-state index in [9.17, 15) is 4.79 Å². The second kappa shape index (κ2) is 5.00. The number of rotatable bonds is 4. The lowest BCUT2D eigenvalue weighted by molar-refractivity contribution is -0.124. The molecule has 0 fully saturated rings. The summed E-state index contributed by atoms with van der Waals surface area (Å²) < 4.78 is 5.34. The van der Waals surface area contributed by atoms with Crippen molar-refractivity contribution in [2.45, 2.75) is 19.6 Å². The van der Waals surface area contributed by atoms with E-state index < -0.39 is 12.0 Å². The lowest BCUT2D eigenvalue weighted by atomic mass is 10.2. The molecule has 0 aromatic heterocycles. The Hall–Kier alpha value is -1.26. The molecular weight excluding hydrogens is 216 g/mol. The highest BCUT2D eigenvalue weighted by Gasteiger charge is 2.13. The molecule has 0 radical (unpaired) electrons. The van der Waals surface area contributed by atoms with Gasteiger partial charge in [0.05, 0.1) is 0 Å². The Kier molecular flexibility index (Phi) is 3.94. The van der Waals surface area contributed by atoms with Crippen LogP contribution in [-0.4, -0.2) is 12.0 Å². The zero-order chi connectivity index (χ0) is 11.4. The second-order valence-corrected chi connectivity index (χ2v) is 3.49. The van der Waals surface area contributed by atoms with Gasteiger partial charge < -0.3 is 16.2 Å². The van der Waals surface area contributed by atoms with Crippen LogP contribution in [0.25, 0.3) is 0 Å². The number of benzene rings is 1. The van der Waals surface area contributed by atoms with Crippen LogP contribution in [0.4, 0.5) is 0 Å². The van der Waals surface area contributed by atoms with E-state index in [1.807, 2.05) is 0 Å². The lowest BCUT2D eigenvalue weighted by Crippen LogP contribution is -2.31. The van der Waals surface area contributed by atoms with Crippen LogP contribution in [0.3, 0.4) is 0 Å². The van der Waals surface area contributed by atoms with Crippen molar-refractivity contribution in [2.75, 3.05) is 0 Å². The number of hydrogen-bond acceptors (Lipinski definition) is 3. The van der Waals surface area contributed by atoms with Crippen molar-refractivity contribution in [3.05, 3.63) is 28.8 Å². The van der Waals surface area contributed by atoms with Crippen LogP contribution in [0.5, 0.6) is 5.75 Å². The van der Waals surface area contributed by atoms with Crippen LogP contribution in [0.2, 0.25) is 5.02 Å². The number of carbonyl (C=O) groups is 1. The van der Waals surface area contributed by atoms with Crippen molar-refractivity contribution in [3.63, 3.8) is 0 Å². The number of primary amides is 1. The van der Waals surface area contributed by atoms with Crippen LogP contribution >= 0.6 is 11.6 Å². The summed E-state index contributed by atoms with van der Waals surface area (Å²) in [5, 5.41) is 0.520. The first kappa shape index (κ1) is 11.8. The Bertz CT molecular complexity index is 368. The number of hydrogen-bond donors (Lipinski definition) is 2. The smallest absolute Gasteiger partial charge is 0.258 e. The number of halogens is 1. The summed E-state index contributed by atoms with van der Waals surface area (Å²) >= 11 is 5.92. The molecular formula is C10H13ClN2O2. The van der Waals surface area contributed by atoms with Crippen molar-refractivity contribution in [1.82, 2.24) is 0 Å². The summed E-state index contributed by atoms with van der Waals surface area (Å²) in [6.45, 7) is 1.82. The van der Waals surface area contributed by atoms with Gasteiger partial charge in [0, 0.05) is 17.1 Å². The van der Waals surface area contributed by atoms with Gasteiger partial charge >= 0.3 is 0 Å². The van der Waals surface area contributed by atoms with Gasteiger partial charge in [-0.15, -0.1) is 0 Å². The number of carbonyl (C=O) groups excluding carboxylic acids is 1. The topological polar surface area (TPSA) is 78.3 Å². The standard InChI is InChI=1S/C10H13ClN2O2/c1-6(10(13)14)15-9-4-2-3-8(11)7(9)5-12/h2-4,6H,5,12H2,1H3,(H2,13,14). The summed E-state index contributed by atoms with van der Waals surface area (Å²) in [7, 11) is 0. The van der Waals surface area contributed by atoms with Gasteiger partial charge in [-0.1, -0.05) is 17.7 Å². The first-order chi connectivity index (χ1) is 7.06. The SMILES string of the molecule is CC(Oc1cccc(Cl)c1CN)C(N)=O. The predicted octanol–water partition coefficient (Wildman–Crippen LogP) is 1.05. The lowest BCUT2D eigenvalue weighted by Gasteiger charge is -2.14. The Morgan fingerprint density at radius 3 is 2.80 bits per heavy atom. The van der Waals surface area contributed by atoms with Gasteiger partial charge in [-0.3, -0.25) is 4.79 Å². The molecule has 0 heterocycles. The Labute approximate surface area is 93.1 Å². The molecule has 1 aromatic rings. The summed E-state index contributed by atoms with van der Waals surface area (Å²) in [6, 6.07) is 5.14. The fourth-order valence-corrected chi connectivity index (χ4v) is 1.34. The maximum absolute atomic E-state index is 10.8. The van der Waals surface area contributed by atoms with Crippen LogP contribution in [0.1, 0.15) is 12.5 Å². The normalized spacial score (nSPS) is 12.2. The van der Waals surface area contributed by atoms with Crippen LogP contribution in [0.15, 0.2) is 18.2 Å². The molecule has 5 heteroatoms. The maximum atomic E-state index is 10.8. The van der Waals surface area contributed by atoms with Gasteiger partial charge in [-0.25, -0.2) is 0 Å². The number of ether oxygens (including phenoxy) is 1. The zero-order valence-corrected chi connectivity index (χ0v) is 9.12.